The molecule has 0 fully saturated rings. The minimum atomic E-state index is -0.858. The van der Waals surface area contributed by atoms with Crippen molar-refractivity contribution in [2.45, 2.75) is 18.9 Å². The second-order valence-corrected chi connectivity index (χ2v) is 4.48. The van der Waals surface area contributed by atoms with Gasteiger partial charge in [-0.2, -0.15) is 0 Å². The maximum atomic E-state index is 11.7. The van der Waals surface area contributed by atoms with Crippen molar-refractivity contribution in [2.75, 3.05) is 14.1 Å². The first-order valence-electron chi connectivity index (χ1n) is 6.29. The molecule has 0 bridgehead atoms. The van der Waals surface area contributed by atoms with E-state index in [1.165, 1.54) is 23.4 Å². The Bertz CT molecular complexity index is 522. The molecule has 1 unspecified atom stereocenters. The molecule has 0 spiro atoms. The van der Waals surface area contributed by atoms with E-state index in [1.54, 1.807) is 20.2 Å². The number of nitrogens with zero attached hydrogens (tertiary/aromatic N) is 2. The van der Waals surface area contributed by atoms with Gasteiger partial charge in [0.1, 0.15) is 12.3 Å². The zero-order valence-electron chi connectivity index (χ0n) is 11.9. The van der Waals surface area contributed by atoms with E-state index in [0.29, 0.717) is 6.42 Å². The Morgan fingerprint density at radius 3 is 2.71 bits per heavy atom. The molecule has 8 heteroatoms. The average molecular weight is 294 g/mol. The summed E-state index contributed by atoms with van der Waals surface area (Å²) in [6.45, 7) is 0. The molecule has 0 aliphatic rings. The van der Waals surface area contributed by atoms with Gasteiger partial charge in [-0.15, -0.1) is 0 Å². The van der Waals surface area contributed by atoms with E-state index < -0.39 is 17.9 Å². The van der Waals surface area contributed by atoms with E-state index in [1.807, 2.05) is 0 Å². The number of rotatable bonds is 7. The maximum Gasteiger partial charge on any atom is 0.307 e. The minimum Gasteiger partial charge on any atom is -0.441 e. The van der Waals surface area contributed by atoms with Crippen molar-refractivity contribution >= 4 is 17.7 Å². The molecule has 114 valence electrons. The highest BCUT2D eigenvalue weighted by Crippen LogP contribution is 2.02. The summed E-state index contributed by atoms with van der Waals surface area (Å²) in [7, 11) is 3.27. The van der Waals surface area contributed by atoms with Gasteiger partial charge in [0.05, 0.1) is 6.20 Å². The Balaban J connectivity index is 2.49. The Kier molecular flexibility index (Phi) is 6.12. The molecule has 1 rings (SSSR count). The van der Waals surface area contributed by atoms with Gasteiger partial charge >= 0.3 is 5.91 Å². The fourth-order valence-electron chi connectivity index (χ4n) is 1.44. The third-order valence-corrected chi connectivity index (χ3v) is 2.60. The van der Waals surface area contributed by atoms with Crippen LogP contribution in [0.5, 0.6) is 0 Å². The molecule has 0 aromatic carbocycles. The van der Waals surface area contributed by atoms with Gasteiger partial charge in [-0.3, -0.25) is 14.4 Å². The number of nitrogens with one attached hydrogen (secondary N) is 1. The fourth-order valence-corrected chi connectivity index (χ4v) is 1.44. The van der Waals surface area contributed by atoms with Crippen LogP contribution >= 0.6 is 0 Å². The molecule has 1 aromatic rings. The first kappa shape index (κ1) is 16.4. The Labute approximate surface area is 122 Å². The van der Waals surface area contributed by atoms with Crippen molar-refractivity contribution in [2.24, 2.45) is 5.73 Å². The molecule has 0 radical (unpaired) electrons. The van der Waals surface area contributed by atoms with Gasteiger partial charge in [0, 0.05) is 14.1 Å². The minimum absolute atomic E-state index is 0.139. The Morgan fingerprint density at radius 2 is 2.19 bits per heavy atom. The quantitative estimate of drug-likeness (QED) is 0.668. The highest BCUT2D eigenvalue weighted by atomic mass is 16.3. The third-order valence-electron chi connectivity index (χ3n) is 2.60. The lowest BCUT2D eigenvalue weighted by Gasteiger charge is -2.13. The second-order valence-electron chi connectivity index (χ2n) is 4.48. The molecule has 0 aliphatic carbocycles. The van der Waals surface area contributed by atoms with E-state index in [0.717, 1.165) is 0 Å². The lowest BCUT2D eigenvalue weighted by molar-refractivity contribution is -0.123. The summed E-state index contributed by atoms with van der Waals surface area (Å²) in [5.74, 6) is -1.58. The van der Waals surface area contributed by atoms with Crippen molar-refractivity contribution in [3.63, 3.8) is 0 Å². The number of primary amides is 1. The van der Waals surface area contributed by atoms with Crippen LogP contribution in [0.2, 0.25) is 0 Å². The van der Waals surface area contributed by atoms with Crippen molar-refractivity contribution in [3.8, 4) is 0 Å². The van der Waals surface area contributed by atoms with E-state index >= 15 is 0 Å². The van der Waals surface area contributed by atoms with Crippen LogP contribution in [0.15, 0.2) is 29.0 Å². The molecule has 0 saturated heterocycles. The summed E-state index contributed by atoms with van der Waals surface area (Å²) in [6.07, 6.45) is 6.29. The molecular weight excluding hydrogens is 276 g/mol. The van der Waals surface area contributed by atoms with Gasteiger partial charge in [0.2, 0.25) is 11.8 Å². The molecule has 8 nitrogen and oxygen atoms in total. The topological polar surface area (TPSA) is 119 Å². The van der Waals surface area contributed by atoms with Crippen LogP contribution in [-0.2, 0) is 9.59 Å². The zero-order valence-corrected chi connectivity index (χ0v) is 11.9. The molecule has 1 heterocycles. The van der Waals surface area contributed by atoms with Gasteiger partial charge in [-0.25, -0.2) is 4.98 Å². The van der Waals surface area contributed by atoms with Crippen LogP contribution in [0.3, 0.4) is 0 Å². The number of hydrogen-bond donors (Lipinski definition) is 2. The number of allylic oxidation sites excluding steroid dienone is 1. The summed E-state index contributed by atoms with van der Waals surface area (Å²) in [5, 5.41) is 2.43. The SMILES string of the molecule is CN(C)C(=O)C=CCCC(NC(=O)c1ncco1)C(N)=O. The monoisotopic (exact) mass is 294 g/mol. The first-order chi connectivity index (χ1) is 9.91. The summed E-state index contributed by atoms with van der Waals surface area (Å²) < 4.78 is 4.82. The molecule has 1 aromatic heterocycles. The number of nitrogens with two attached hydrogens (primary N) is 1. The fraction of sp³-hybridized carbons (Fsp3) is 0.385. The standard InChI is InChI=1S/C13H18N4O4/c1-17(2)10(18)6-4-3-5-9(11(14)19)16-12(20)13-15-7-8-21-13/h4,6-9H,3,5H2,1-2H3,(H2,14,19)(H,16,20). The number of hydrogen-bond acceptors (Lipinski definition) is 5. The third kappa shape index (κ3) is 5.47. The Morgan fingerprint density at radius 1 is 1.48 bits per heavy atom. The lowest BCUT2D eigenvalue weighted by Crippen LogP contribution is -2.44. The summed E-state index contributed by atoms with van der Waals surface area (Å²) >= 11 is 0. The van der Waals surface area contributed by atoms with Crippen molar-refractivity contribution in [1.82, 2.24) is 15.2 Å². The van der Waals surface area contributed by atoms with Crippen LogP contribution in [0.25, 0.3) is 0 Å². The van der Waals surface area contributed by atoms with E-state index in [9.17, 15) is 14.4 Å². The average Bonchev–Trinajstić information content (AvgIpc) is 2.95. The number of aromatic nitrogens is 1. The predicted molar refractivity (Wildman–Crippen MR) is 74.0 cm³/mol. The summed E-state index contributed by atoms with van der Waals surface area (Å²) in [5.41, 5.74) is 5.22. The molecule has 0 saturated carbocycles. The van der Waals surface area contributed by atoms with Crippen molar-refractivity contribution < 1.29 is 18.8 Å². The first-order valence-corrected chi connectivity index (χ1v) is 6.29. The van der Waals surface area contributed by atoms with Gasteiger partial charge in [-0.1, -0.05) is 6.08 Å². The van der Waals surface area contributed by atoms with Gasteiger partial charge < -0.3 is 20.4 Å². The van der Waals surface area contributed by atoms with Crippen molar-refractivity contribution in [1.29, 1.82) is 0 Å². The van der Waals surface area contributed by atoms with Crippen LogP contribution in [-0.4, -0.2) is 47.7 Å². The highest BCUT2D eigenvalue weighted by molar-refractivity contribution is 5.93. The van der Waals surface area contributed by atoms with Gasteiger partial charge in [0.25, 0.3) is 5.89 Å². The smallest absolute Gasteiger partial charge is 0.307 e. The number of oxazole rings is 1. The predicted octanol–water partition coefficient (Wildman–Crippen LogP) is -0.317. The Hall–Kier alpha value is -2.64. The largest absolute Gasteiger partial charge is 0.441 e. The molecule has 1 atom stereocenters. The number of carbonyl (C=O) groups excluding carboxylic acids is 3. The van der Waals surface area contributed by atoms with Crippen molar-refractivity contribution in [3.05, 3.63) is 30.5 Å². The normalized spacial score (nSPS) is 12.1. The molecule has 3 amide bonds. The summed E-state index contributed by atoms with van der Waals surface area (Å²) in [4.78, 5) is 39.4. The second kappa shape index (κ2) is 7.83. The van der Waals surface area contributed by atoms with Crippen LogP contribution in [0.1, 0.15) is 23.5 Å². The van der Waals surface area contributed by atoms with Crippen LogP contribution in [0, 0.1) is 0 Å². The van der Waals surface area contributed by atoms with E-state index in [-0.39, 0.29) is 18.2 Å². The molecule has 0 aliphatic heterocycles. The van der Waals surface area contributed by atoms with E-state index in [4.69, 9.17) is 10.2 Å². The van der Waals surface area contributed by atoms with Gasteiger partial charge in [0.15, 0.2) is 0 Å². The summed E-state index contributed by atoms with van der Waals surface area (Å²) in [6, 6.07) is -0.858. The van der Waals surface area contributed by atoms with E-state index in [2.05, 4.69) is 10.3 Å². The molecule has 21 heavy (non-hydrogen) atoms. The molecular formula is C13H18N4O4. The molecule has 3 N–H and O–H groups in total. The van der Waals surface area contributed by atoms with Crippen LogP contribution < -0.4 is 11.1 Å². The van der Waals surface area contributed by atoms with Crippen LogP contribution in [0.4, 0.5) is 0 Å². The number of carbonyl (C=O) groups is 3. The maximum absolute atomic E-state index is 11.7. The number of amides is 3. The zero-order chi connectivity index (χ0) is 15.8. The number of likely N-dealkylation sites (N-methyl/N-ethyl adjacent to an activating group) is 1. The van der Waals surface area contributed by atoms with Gasteiger partial charge in [-0.05, 0) is 18.9 Å². The highest BCUT2D eigenvalue weighted by Gasteiger charge is 2.20. The lowest BCUT2D eigenvalue weighted by atomic mass is 10.1.